The summed E-state index contributed by atoms with van der Waals surface area (Å²) < 4.78 is 3.29. The maximum Gasteiger partial charge on any atom is 0.201 e. The molecule has 3 rings (SSSR count). The molecule has 2 N–H and O–H groups in total. The second-order valence-electron chi connectivity index (χ2n) is 6.04. The highest BCUT2D eigenvalue weighted by Gasteiger charge is 2.27. The molecule has 1 aromatic heterocycles. The summed E-state index contributed by atoms with van der Waals surface area (Å²) in [5.41, 5.74) is 8.30. The molecule has 1 saturated carbocycles. The number of nitrogen functional groups attached to an aromatic ring is 1. The molecule has 1 heterocycles. The zero-order chi connectivity index (χ0) is 13.6. The molecule has 0 aliphatic heterocycles. The van der Waals surface area contributed by atoms with Crippen LogP contribution < -0.4 is 5.73 Å². The Bertz CT molecular complexity index is 595. The van der Waals surface area contributed by atoms with Crippen molar-refractivity contribution in [3.8, 4) is 0 Å². The van der Waals surface area contributed by atoms with Gasteiger partial charge in [-0.05, 0) is 49.3 Å². The monoisotopic (exact) mass is 321 g/mol. The first-order valence-electron chi connectivity index (χ1n) is 6.97. The van der Waals surface area contributed by atoms with Crippen LogP contribution in [-0.4, -0.2) is 9.55 Å². The molecule has 0 radical (unpaired) electrons. The zero-order valence-corrected chi connectivity index (χ0v) is 13.0. The number of fused-ring (bicyclic) bond motifs is 1. The molecule has 19 heavy (non-hydrogen) atoms. The molecular formula is C15H20BrN3. The van der Waals surface area contributed by atoms with Crippen LogP contribution in [0.2, 0.25) is 0 Å². The summed E-state index contributed by atoms with van der Waals surface area (Å²) in [6, 6.07) is 6.71. The van der Waals surface area contributed by atoms with Crippen molar-refractivity contribution in [1.29, 1.82) is 0 Å². The molecule has 0 spiro atoms. The summed E-state index contributed by atoms with van der Waals surface area (Å²) >= 11 is 3.49. The number of hydrogen-bond donors (Lipinski definition) is 1. The number of imidazole rings is 1. The first-order chi connectivity index (χ1) is 9.04. The van der Waals surface area contributed by atoms with Crippen molar-refractivity contribution >= 4 is 32.9 Å². The molecule has 3 nitrogen and oxygen atoms in total. The second-order valence-corrected chi connectivity index (χ2v) is 6.96. The van der Waals surface area contributed by atoms with Crippen molar-refractivity contribution in [1.82, 2.24) is 9.55 Å². The van der Waals surface area contributed by atoms with Gasteiger partial charge in [-0.15, -0.1) is 0 Å². The highest BCUT2D eigenvalue weighted by Crippen LogP contribution is 2.39. The predicted octanol–water partition coefficient (Wildman–Crippen LogP) is 4.38. The predicted molar refractivity (Wildman–Crippen MR) is 83.1 cm³/mol. The Morgan fingerprint density at radius 3 is 2.58 bits per heavy atom. The molecule has 1 aliphatic carbocycles. The summed E-state index contributed by atoms with van der Waals surface area (Å²) in [6.07, 6.45) is 3.74. The number of benzene rings is 1. The third kappa shape index (κ3) is 2.38. The molecule has 0 bridgehead atoms. The van der Waals surface area contributed by atoms with E-state index < -0.39 is 0 Å². The number of nitrogens with zero attached hydrogens (tertiary/aromatic N) is 2. The Labute approximate surface area is 122 Å². The minimum atomic E-state index is 0.491. The fourth-order valence-electron chi connectivity index (χ4n) is 3.59. The summed E-state index contributed by atoms with van der Waals surface area (Å²) in [5.74, 6) is 2.18. The van der Waals surface area contributed by atoms with E-state index >= 15 is 0 Å². The first kappa shape index (κ1) is 13.0. The molecule has 0 saturated heterocycles. The number of halogens is 1. The lowest BCUT2D eigenvalue weighted by atomic mass is 9.80. The highest BCUT2D eigenvalue weighted by molar-refractivity contribution is 9.10. The lowest BCUT2D eigenvalue weighted by Gasteiger charge is -2.33. The Hall–Kier alpha value is -1.03. The third-order valence-electron chi connectivity index (χ3n) is 4.20. The van der Waals surface area contributed by atoms with E-state index in [0.717, 1.165) is 27.3 Å². The number of rotatable bonds is 1. The number of aromatic nitrogens is 2. The van der Waals surface area contributed by atoms with Gasteiger partial charge in [0.1, 0.15) is 0 Å². The van der Waals surface area contributed by atoms with Crippen LogP contribution in [0.4, 0.5) is 5.95 Å². The van der Waals surface area contributed by atoms with Crippen LogP contribution in [0.3, 0.4) is 0 Å². The van der Waals surface area contributed by atoms with E-state index in [4.69, 9.17) is 5.73 Å². The average Bonchev–Trinajstić information content (AvgIpc) is 2.62. The largest absolute Gasteiger partial charge is 0.369 e. The van der Waals surface area contributed by atoms with Gasteiger partial charge in [-0.2, -0.15) is 0 Å². The molecule has 2 unspecified atom stereocenters. The van der Waals surface area contributed by atoms with Gasteiger partial charge < -0.3 is 10.3 Å². The lowest BCUT2D eigenvalue weighted by Crippen LogP contribution is -2.23. The standard InChI is InChI=1S/C15H20BrN3/c1-9-5-10(2)7-12(6-9)19-14-4-3-11(16)8-13(14)18-15(19)17/h3-4,8-10,12H,5-7H2,1-2H3,(H2,17,18). The van der Waals surface area contributed by atoms with Crippen LogP contribution in [0.25, 0.3) is 11.0 Å². The van der Waals surface area contributed by atoms with Crippen molar-refractivity contribution in [3.05, 3.63) is 22.7 Å². The molecular weight excluding hydrogens is 302 g/mol. The van der Waals surface area contributed by atoms with Gasteiger partial charge in [0, 0.05) is 10.5 Å². The van der Waals surface area contributed by atoms with Crippen LogP contribution in [0, 0.1) is 11.8 Å². The number of nitrogens with two attached hydrogens (primary N) is 1. The van der Waals surface area contributed by atoms with Gasteiger partial charge in [0.05, 0.1) is 11.0 Å². The van der Waals surface area contributed by atoms with Crippen LogP contribution in [0.15, 0.2) is 22.7 Å². The lowest BCUT2D eigenvalue weighted by molar-refractivity contribution is 0.226. The van der Waals surface area contributed by atoms with E-state index in [1.54, 1.807) is 0 Å². The molecule has 2 atom stereocenters. The molecule has 1 fully saturated rings. The summed E-state index contributed by atoms with van der Waals surface area (Å²) in [7, 11) is 0. The molecule has 102 valence electrons. The smallest absolute Gasteiger partial charge is 0.201 e. The Morgan fingerprint density at radius 2 is 1.89 bits per heavy atom. The molecule has 1 aromatic carbocycles. The van der Waals surface area contributed by atoms with Gasteiger partial charge in [0.15, 0.2) is 0 Å². The van der Waals surface area contributed by atoms with Crippen molar-refractivity contribution in [2.45, 2.75) is 39.2 Å². The molecule has 0 amide bonds. The van der Waals surface area contributed by atoms with Gasteiger partial charge >= 0.3 is 0 Å². The third-order valence-corrected chi connectivity index (χ3v) is 4.69. The van der Waals surface area contributed by atoms with Gasteiger partial charge in [-0.3, -0.25) is 0 Å². The maximum absolute atomic E-state index is 6.16. The van der Waals surface area contributed by atoms with E-state index in [-0.39, 0.29) is 0 Å². The summed E-state index contributed by atoms with van der Waals surface area (Å²) in [6.45, 7) is 4.68. The SMILES string of the molecule is CC1CC(C)CC(n2c(N)nc3cc(Br)ccc32)C1. The maximum atomic E-state index is 6.16. The van der Waals surface area contributed by atoms with Crippen LogP contribution >= 0.6 is 15.9 Å². The fourth-order valence-corrected chi connectivity index (χ4v) is 3.94. The molecule has 1 aliphatic rings. The highest BCUT2D eigenvalue weighted by atomic mass is 79.9. The van der Waals surface area contributed by atoms with E-state index in [0.29, 0.717) is 12.0 Å². The van der Waals surface area contributed by atoms with Crippen molar-refractivity contribution in [2.24, 2.45) is 11.8 Å². The van der Waals surface area contributed by atoms with Gasteiger partial charge in [0.2, 0.25) is 5.95 Å². The summed E-state index contributed by atoms with van der Waals surface area (Å²) in [4.78, 5) is 4.51. The van der Waals surface area contributed by atoms with E-state index in [9.17, 15) is 0 Å². The molecule has 2 aromatic rings. The number of hydrogen-bond acceptors (Lipinski definition) is 2. The quantitative estimate of drug-likeness (QED) is 0.847. The van der Waals surface area contributed by atoms with Crippen molar-refractivity contribution in [3.63, 3.8) is 0 Å². The average molecular weight is 322 g/mol. The van der Waals surface area contributed by atoms with E-state index in [1.165, 1.54) is 19.3 Å². The van der Waals surface area contributed by atoms with Crippen LogP contribution in [0.5, 0.6) is 0 Å². The van der Waals surface area contributed by atoms with Gasteiger partial charge in [0.25, 0.3) is 0 Å². The van der Waals surface area contributed by atoms with Crippen molar-refractivity contribution in [2.75, 3.05) is 5.73 Å². The minimum absolute atomic E-state index is 0.491. The Morgan fingerprint density at radius 1 is 1.21 bits per heavy atom. The van der Waals surface area contributed by atoms with E-state index in [2.05, 4.69) is 51.5 Å². The first-order valence-corrected chi connectivity index (χ1v) is 7.77. The van der Waals surface area contributed by atoms with Crippen LogP contribution in [-0.2, 0) is 0 Å². The van der Waals surface area contributed by atoms with E-state index in [1.807, 2.05) is 6.07 Å². The Kier molecular flexibility index (Phi) is 3.29. The van der Waals surface area contributed by atoms with Crippen molar-refractivity contribution < 1.29 is 0 Å². The summed E-state index contributed by atoms with van der Waals surface area (Å²) in [5, 5.41) is 0. The van der Waals surface area contributed by atoms with Gasteiger partial charge in [-0.25, -0.2) is 4.98 Å². The van der Waals surface area contributed by atoms with Gasteiger partial charge in [-0.1, -0.05) is 29.8 Å². The topological polar surface area (TPSA) is 43.8 Å². The molecule has 4 heteroatoms. The second kappa shape index (κ2) is 4.82. The normalized spacial score (nSPS) is 27.8. The fraction of sp³-hybridized carbons (Fsp3) is 0.533. The Balaban J connectivity index is 2.06. The van der Waals surface area contributed by atoms with Crippen LogP contribution in [0.1, 0.15) is 39.2 Å². The minimum Gasteiger partial charge on any atom is -0.369 e. The number of anilines is 1. The zero-order valence-electron chi connectivity index (χ0n) is 11.4.